The van der Waals surface area contributed by atoms with Gasteiger partial charge in [0.1, 0.15) is 6.10 Å². The summed E-state index contributed by atoms with van der Waals surface area (Å²) in [5.74, 6) is 11.6. The van der Waals surface area contributed by atoms with Crippen LogP contribution in [0.4, 0.5) is 0 Å². The summed E-state index contributed by atoms with van der Waals surface area (Å²) in [5, 5.41) is 10.6. The van der Waals surface area contributed by atoms with Crippen LogP contribution in [0.5, 0.6) is 0 Å². The lowest BCUT2D eigenvalue weighted by Gasteiger charge is -2.35. The second-order valence-corrected chi connectivity index (χ2v) is 12.9. The number of carbonyl (C=O) groups is 1. The van der Waals surface area contributed by atoms with Crippen LogP contribution in [0.1, 0.15) is 50.8 Å². The highest BCUT2D eigenvalue weighted by Crippen LogP contribution is 2.36. The Hall–Kier alpha value is -2.31. The van der Waals surface area contributed by atoms with Gasteiger partial charge in [-0.25, -0.2) is 4.79 Å². The lowest BCUT2D eigenvalue weighted by Crippen LogP contribution is -2.40. The van der Waals surface area contributed by atoms with E-state index in [9.17, 15) is 9.90 Å². The van der Waals surface area contributed by atoms with Gasteiger partial charge in [-0.15, -0.1) is 0 Å². The molecule has 1 atom stereocenters. The molecular formula is C24H32O4Si. The standard InChI is InChI=1S/C24H32O4Si/c1-24(2,3)29(5,6)28-19-13-17-22(25)21-16-12-11-15-20(21)14-9-7-8-10-18-23(26)27-4/h10-12,15-16,18,22,25H,7-8,19H2,1-6H3/b18-10+. The van der Waals surface area contributed by atoms with E-state index in [2.05, 4.69) is 62.3 Å². The predicted molar refractivity (Wildman–Crippen MR) is 120 cm³/mol. The predicted octanol–water partition coefficient (Wildman–Crippen LogP) is 4.61. The lowest BCUT2D eigenvalue weighted by atomic mass is 10.0. The molecule has 0 fully saturated rings. The van der Waals surface area contributed by atoms with Gasteiger partial charge >= 0.3 is 5.97 Å². The first kappa shape index (κ1) is 24.7. The van der Waals surface area contributed by atoms with Gasteiger partial charge in [0.25, 0.3) is 0 Å². The summed E-state index contributed by atoms with van der Waals surface area (Å²) in [6.45, 7) is 11.2. The van der Waals surface area contributed by atoms with Gasteiger partial charge in [0.15, 0.2) is 8.32 Å². The van der Waals surface area contributed by atoms with Crippen molar-refractivity contribution in [1.82, 2.24) is 0 Å². The number of unbranched alkanes of at least 4 members (excludes halogenated alkanes) is 1. The van der Waals surface area contributed by atoms with E-state index in [1.807, 2.05) is 24.3 Å². The fraction of sp³-hybridized carbons (Fsp3) is 0.458. The quantitative estimate of drug-likeness (QED) is 0.244. The van der Waals surface area contributed by atoms with Gasteiger partial charge in [-0.05, 0) is 30.6 Å². The highest BCUT2D eigenvalue weighted by molar-refractivity contribution is 6.74. The Bertz CT molecular complexity index is 826. The number of ether oxygens (including phenoxy) is 1. The molecule has 1 unspecified atom stereocenters. The average molecular weight is 413 g/mol. The zero-order valence-electron chi connectivity index (χ0n) is 18.3. The normalized spacial score (nSPS) is 12.5. The molecule has 0 radical (unpaired) electrons. The summed E-state index contributed by atoms with van der Waals surface area (Å²) in [7, 11) is -0.502. The number of benzene rings is 1. The second kappa shape index (κ2) is 11.6. The molecule has 0 aliphatic carbocycles. The van der Waals surface area contributed by atoms with Crippen molar-refractivity contribution in [1.29, 1.82) is 0 Å². The SMILES string of the molecule is COC(=O)/C=C/CCC#Cc1ccccc1C(O)C#CCO[Si](C)(C)C(C)(C)C. The molecule has 0 saturated carbocycles. The van der Waals surface area contributed by atoms with E-state index in [1.54, 1.807) is 6.08 Å². The fourth-order valence-corrected chi connectivity index (χ4v) is 2.93. The number of hydrogen-bond acceptors (Lipinski definition) is 4. The van der Waals surface area contributed by atoms with E-state index < -0.39 is 14.4 Å². The van der Waals surface area contributed by atoms with Crippen LogP contribution in [0.25, 0.3) is 0 Å². The van der Waals surface area contributed by atoms with Crippen molar-refractivity contribution < 1.29 is 19.1 Å². The first-order valence-electron chi connectivity index (χ1n) is 9.71. The van der Waals surface area contributed by atoms with Gasteiger partial charge in [0.05, 0.1) is 13.7 Å². The third-order valence-corrected chi connectivity index (χ3v) is 9.40. The van der Waals surface area contributed by atoms with Crippen molar-refractivity contribution in [3.8, 4) is 23.7 Å². The van der Waals surface area contributed by atoms with E-state index in [4.69, 9.17) is 4.43 Å². The lowest BCUT2D eigenvalue weighted by molar-refractivity contribution is -0.134. The summed E-state index contributed by atoms with van der Waals surface area (Å²) < 4.78 is 10.6. The molecule has 0 bridgehead atoms. The fourth-order valence-electron chi connectivity index (χ4n) is 2.06. The molecule has 1 N–H and O–H groups in total. The topological polar surface area (TPSA) is 55.8 Å². The van der Waals surface area contributed by atoms with Crippen molar-refractivity contribution in [3.63, 3.8) is 0 Å². The molecule has 0 aliphatic rings. The molecular weight excluding hydrogens is 380 g/mol. The van der Waals surface area contributed by atoms with Crippen LogP contribution >= 0.6 is 0 Å². The van der Waals surface area contributed by atoms with E-state index in [0.29, 0.717) is 25.0 Å². The number of allylic oxidation sites excluding steroid dienone is 1. The Kier molecular flexibility index (Phi) is 9.92. The monoisotopic (exact) mass is 412 g/mol. The van der Waals surface area contributed by atoms with Crippen LogP contribution in [0.15, 0.2) is 36.4 Å². The minimum absolute atomic E-state index is 0.127. The van der Waals surface area contributed by atoms with Crippen LogP contribution in [-0.2, 0) is 14.0 Å². The summed E-state index contributed by atoms with van der Waals surface area (Å²) in [6, 6.07) is 7.43. The van der Waals surface area contributed by atoms with Crippen LogP contribution in [0, 0.1) is 23.7 Å². The first-order valence-corrected chi connectivity index (χ1v) is 12.6. The molecule has 156 valence electrons. The van der Waals surface area contributed by atoms with Gasteiger partial charge < -0.3 is 14.3 Å². The number of esters is 1. The van der Waals surface area contributed by atoms with Crippen LogP contribution in [0.2, 0.25) is 18.1 Å². The third-order valence-electron chi connectivity index (χ3n) is 4.92. The summed E-state index contributed by atoms with van der Waals surface area (Å²) >= 11 is 0. The van der Waals surface area contributed by atoms with Crippen molar-refractivity contribution >= 4 is 14.3 Å². The van der Waals surface area contributed by atoms with Gasteiger partial charge in [-0.2, -0.15) is 0 Å². The molecule has 1 aromatic rings. The number of methoxy groups -OCH3 is 1. The van der Waals surface area contributed by atoms with Crippen LogP contribution in [-0.4, -0.2) is 33.1 Å². The Labute approximate surface area is 176 Å². The van der Waals surface area contributed by atoms with E-state index >= 15 is 0 Å². The first-order chi connectivity index (χ1) is 13.6. The average Bonchev–Trinajstić information content (AvgIpc) is 2.66. The molecule has 4 nitrogen and oxygen atoms in total. The largest absolute Gasteiger partial charge is 0.466 e. The Morgan fingerprint density at radius 2 is 1.93 bits per heavy atom. The number of rotatable bonds is 6. The van der Waals surface area contributed by atoms with Crippen LogP contribution in [0.3, 0.4) is 0 Å². The molecule has 0 aromatic heterocycles. The summed E-state index contributed by atoms with van der Waals surface area (Å²) in [6.07, 6.45) is 3.46. The molecule has 0 spiro atoms. The summed E-state index contributed by atoms with van der Waals surface area (Å²) in [5.41, 5.74) is 1.43. The van der Waals surface area contributed by atoms with Crippen molar-refractivity contribution in [3.05, 3.63) is 47.5 Å². The minimum atomic E-state index is -1.85. The van der Waals surface area contributed by atoms with Gasteiger partial charge in [-0.3, -0.25) is 0 Å². The molecule has 1 aromatic carbocycles. The Morgan fingerprint density at radius 3 is 2.59 bits per heavy atom. The maximum atomic E-state index is 11.0. The van der Waals surface area contributed by atoms with Crippen molar-refractivity contribution in [2.75, 3.05) is 13.7 Å². The van der Waals surface area contributed by atoms with Gasteiger partial charge in [0.2, 0.25) is 0 Å². The van der Waals surface area contributed by atoms with Crippen molar-refractivity contribution in [2.24, 2.45) is 0 Å². The minimum Gasteiger partial charge on any atom is -0.466 e. The van der Waals surface area contributed by atoms with Gasteiger partial charge in [-0.1, -0.05) is 68.7 Å². The van der Waals surface area contributed by atoms with Gasteiger partial charge in [0, 0.05) is 23.6 Å². The zero-order chi connectivity index (χ0) is 21.9. The maximum Gasteiger partial charge on any atom is 0.330 e. The number of aliphatic hydroxyl groups is 1. The Balaban J connectivity index is 2.71. The molecule has 29 heavy (non-hydrogen) atoms. The zero-order valence-corrected chi connectivity index (χ0v) is 19.3. The number of aliphatic hydroxyl groups excluding tert-OH is 1. The van der Waals surface area contributed by atoms with E-state index in [1.165, 1.54) is 13.2 Å². The highest BCUT2D eigenvalue weighted by atomic mass is 28.4. The highest BCUT2D eigenvalue weighted by Gasteiger charge is 2.36. The third kappa shape index (κ3) is 8.71. The Morgan fingerprint density at radius 1 is 1.24 bits per heavy atom. The number of carbonyl (C=O) groups excluding carboxylic acids is 1. The second-order valence-electron chi connectivity index (χ2n) is 8.13. The molecule has 0 amide bonds. The molecule has 0 heterocycles. The summed E-state index contributed by atoms with van der Waals surface area (Å²) in [4.78, 5) is 11.0. The number of hydrogen-bond donors (Lipinski definition) is 1. The van der Waals surface area contributed by atoms with Crippen molar-refractivity contribution in [2.45, 2.75) is 57.8 Å². The molecule has 0 saturated heterocycles. The smallest absolute Gasteiger partial charge is 0.330 e. The molecule has 5 heteroatoms. The molecule has 0 aliphatic heterocycles. The molecule has 1 rings (SSSR count). The van der Waals surface area contributed by atoms with E-state index in [0.717, 1.165) is 5.56 Å². The van der Waals surface area contributed by atoms with E-state index in [-0.39, 0.29) is 11.0 Å². The van der Waals surface area contributed by atoms with Crippen LogP contribution < -0.4 is 0 Å². The maximum absolute atomic E-state index is 11.0.